The van der Waals surface area contributed by atoms with Crippen LogP contribution in [0.15, 0.2) is 48.5 Å². The molecule has 1 spiro atoms. The molecule has 2 aromatic rings. The number of hydrogen-bond acceptors (Lipinski definition) is 4. The fourth-order valence-corrected chi connectivity index (χ4v) is 4.33. The van der Waals surface area contributed by atoms with E-state index in [9.17, 15) is 9.59 Å². The Balaban J connectivity index is 1.34. The van der Waals surface area contributed by atoms with Crippen molar-refractivity contribution in [3.63, 3.8) is 0 Å². The van der Waals surface area contributed by atoms with Gasteiger partial charge in [0.25, 0.3) is 5.91 Å². The van der Waals surface area contributed by atoms with E-state index >= 15 is 0 Å². The first-order valence-electron chi connectivity index (χ1n) is 9.18. The van der Waals surface area contributed by atoms with Crippen LogP contribution in [0.4, 0.5) is 5.69 Å². The van der Waals surface area contributed by atoms with E-state index in [2.05, 4.69) is 0 Å². The van der Waals surface area contributed by atoms with Crippen LogP contribution in [-0.2, 0) is 4.79 Å². The van der Waals surface area contributed by atoms with E-state index in [1.165, 1.54) is 0 Å². The van der Waals surface area contributed by atoms with Gasteiger partial charge in [0.15, 0.2) is 11.5 Å². The Bertz CT molecular complexity index is 914. The number of likely N-dealkylation sites (tertiary alicyclic amines) is 1. The van der Waals surface area contributed by atoms with E-state index in [0.717, 1.165) is 12.1 Å². The Labute approximate surface area is 157 Å². The van der Waals surface area contributed by atoms with Gasteiger partial charge in [-0.15, -0.1) is 0 Å². The maximum absolute atomic E-state index is 12.7. The summed E-state index contributed by atoms with van der Waals surface area (Å²) in [4.78, 5) is 29.2. The fourth-order valence-electron chi connectivity index (χ4n) is 4.33. The van der Waals surface area contributed by atoms with Crippen molar-refractivity contribution in [2.45, 2.75) is 12.8 Å². The molecule has 3 aliphatic heterocycles. The smallest absolute Gasteiger partial charge is 0.253 e. The number of amides is 2. The maximum Gasteiger partial charge on any atom is 0.253 e. The van der Waals surface area contributed by atoms with Gasteiger partial charge in [-0.05, 0) is 30.7 Å². The molecule has 1 atom stereocenters. The molecule has 2 saturated heterocycles. The van der Waals surface area contributed by atoms with E-state index in [4.69, 9.17) is 9.47 Å². The molecule has 0 aromatic heterocycles. The summed E-state index contributed by atoms with van der Waals surface area (Å²) in [5.41, 5.74) is 1.36. The molecule has 2 amide bonds. The number of ether oxygens (including phenoxy) is 2. The number of carbonyl (C=O) groups excluding carboxylic acids is 2. The molecule has 6 heteroatoms. The number of rotatable bonds is 2. The van der Waals surface area contributed by atoms with Crippen LogP contribution >= 0.6 is 0 Å². The van der Waals surface area contributed by atoms with Crippen LogP contribution in [0.3, 0.4) is 0 Å². The topological polar surface area (TPSA) is 59.1 Å². The van der Waals surface area contributed by atoms with Crippen molar-refractivity contribution in [2.75, 3.05) is 31.3 Å². The van der Waals surface area contributed by atoms with Crippen LogP contribution in [0.2, 0.25) is 0 Å². The Kier molecular flexibility index (Phi) is 3.60. The third-order valence-electron chi connectivity index (χ3n) is 5.73. The third-order valence-corrected chi connectivity index (χ3v) is 5.73. The van der Waals surface area contributed by atoms with Crippen molar-refractivity contribution < 1.29 is 19.1 Å². The molecular weight excluding hydrogens is 344 g/mol. The molecule has 0 N–H and O–H groups in total. The van der Waals surface area contributed by atoms with E-state index < -0.39 is 0 Å². The van der Waals surface area contributed by atoms with Gasteiger partial charge in [0.05, 0.1) is 0 Å². The average molecular weight is 364 g/mol. The number of hydrogen-bond donors (Lipinski definition) is 0. The number of fused-ring (bicyclic) bond motifs is 1. The van der Waals surface area contributed by atoms with Gasteiger partial charge in [0, 0.05) is 48.8 Å². The van der Waals surface area contributed by atoms with Gasteiger partial charge in [-0.25, -0.2) is 0 Å². The highest BCUT2D eigenvalue weighted by Gasteiger charge is 2.49. The lowest BCUT2D eigenvalue weighted by Crippen LogP contribution is -2.34. The zero-order chi connectivity index (χ0) is 18.4. The molecule has 0 radical (unpaired) electrons. The lowest BCUT2D eigenvalue weighted by Gasteiger charge is -2.24. The molecule has 3 heterocycles. The second-order valence-corrected chi connectivity index (χ2v) is 7.54. The number of nitrogens with zero attached hydrogens (tertiary/aromatic N) is 2. The zero-order valence-electron chi connectivity index (χ0n) is 14.9. The standard InChI is InChI=1S/C21H20N2O4/c24-19-11-21(8-9-22(12-21)20(25)15-4-2-1-3-5-15)13-23(19)16-6-7-17-18(10-16)27-14-26-17/h1-7,10H,8-9,11-14H2/t21-/m1/s1. The molecule has 138 valence electrons. The Morgan fingerprint density at radius 3 is 2.67 bits per heavy atom. The Morgan fingerprint density at radius 1 is 1.00 bits per heavy atom. The lowest BCUT2D eigenvalue weighted by atomic mass is 9.86. The summed E-state index contributed by atoms with van der Waals surface area (Å²) >= 11 is 0. The van der Waals surface area contributed by atoms with E-state index in [0.29, 0.717) is 43.1 Å². The van der Waals surface area contributed by atoms with Crippen molar-refractivity contribution in [1.29, 1.82) is 0 Å². The van der Waals surface area contributed by atoms with Gasteiger partial charge in [-0.2, -0.15) is 0 Å². The van der Waals surface area contributed by atoms with E-state index in [1.54, 1.807) is 0 Å². The van der Waals surface area contributed by atoms with Gasteiger partial charge in [-0.1, -0.05) is 18.2 Å². The largest absolute Gasteiger partial charge is 0.454 e. The van der Waals surface area contributed by atoms with Crippen LogP contribution in [0.1, 0.15) is 23.2 Å². The first-order valence-corrected chi connectivity index (χ1v) is 9.18. The van der Waals surface area contributed by atoms with Crippen LogP contribution in [0.25, 0.3) is 0 Å². The molecule has 6 nitrogen and oxygen atoms in total. The summed E-state index contributed by atoms with van der Waals surface area (Å²) in [7, 11) is 0. The Morgan fingerprint density at radius 2 is 1.81 bits per heavy atom. The van der Waals surface area contributed by atoms with Gasteiger partial charge in [-0.3, -0.25) is 9.59 Å². The fraction of sp³-hybridized carbons (Fsp3) is 0.333. The van der Waals surface area contributed by atoms with Crippen molar-refractivity contribution >= 4 is 17.5 Å². The molecule has 0 aliphatic carbocycles. The van der Waals surface area contributed by atoms with Crippen LogP contribution in [0.5, 0.6) is 11.5 Å². The SMILES string of the molecule is O=C(c1ccccc1)N1CC[C@@]2(CC(=O)N(c3ccc4c(c3)OCO4)C2)C1. The Hall–Kier alpha value is -3.02. The van der Waals surface area contributed by atoms with Crippen molar-refractivity contribution in [1.82, 2.24) is 4.90 Å². The number of benzene rings is 2. The highest BCUT2D eigenvalue weighted by atomic mass is 16.7. The van der Waals surface area contributed by atoms with Crippen molar-refractivity contribution in [3.8, 4) is 11.5 Å². The lowest BCUT2D eigenvalue weighted by molar-refractivity contribution is -0.117. The molecule has 5 rings (SSSR count). The molecule has 2 aromatic carbocycles. The predicted molar refractivity (Wildman–Crippen MR) is 98.9 cm³/mol. The quantitative estimate of drug-likeness (QED) is 0.822. The minimum absolute atomic E-state index is 0.0430. The molecule has 0 saturated carbocycles. The van der Waals surface area contributed by atoms with Gasteiger partial charge in [0.1, 0.15) is 0 Å². The monoisotopic (exact) mass is 364 g/mol. The van der Waals surface area contributed by atoms with Crippen molar-refractivity contribution in [3.05, 3.63) is 54.1 Å². The molecular formula is C21H20N2O4. The highest BCUT2D eigenvalue weighted by molar-refractivity contribution is 5.98. The summed E-state index contributed by atoms with van der Waals surface area (Å²) < 4.78 is 10.8. The summed E-state index contributed by atoms with van der Waals surface area (Å²) in [6, 6.07) is 14.9. The van der Waals surface area contributed by atoms with Crippen molar-refractivity contribution in [2.24, 2.45) is 5.41 Å². The first-order chi connectivity index (χ1) is 13.1. The molecule has 27 heavy (non-hydrogen) atoms. The number of anilines is 1. The van der Waals surface area contributed by atoms with Crippen LogP contribution in [-0.4, -0.2) is 43.1 Å². The highest BCUT2D eigenvalue weighted by Crippen LogP contribution is 2.44. The van der Waals surface area contributed by atoms with Gasteiger partial charge >= 0.3 is 0 Å². The van der Waals surface area contributed by atoms with E-state index in [-0.39, 0.29) is 24.0 Å². The summed E-state index contributed by atoms with van der Waals surface area (Å²) in [5.74, 6) is 1.53. The maximum atomic E-state index is 12.7. The molecule has 0 unspecified atom stereocenters. The molecule has 2 fully saturated rings. The van der Waals surface area contributed by atoms with Crippen LogP contribution < -0.4 is 14.4 Å². The third kappa shape index (κ3) is 2.72. The van der Waals surface area contributed by atoms with Gasteiger partial charge < -0.3 is 19.3 Å². The summed E-state index contributed by atoms with van der Waals surface area (Å²) in [6.45, 7) is 2.15. The minimum Gasteiger partial charge on any atom is -0.454 e. The first kappa shape index (κ1) is 16.2. The zero-order valence-corrected chi connectivity index (χ0v) is 14.9. The molecule has 3 aliphatic rings. The second kappa shape index (κ2) is 6.01. The van der Waals surface area contributed by atoms with Crippen LogP contribution in [0, 0.1) is 5.41 Å². The second-order valence-electron chi connectivity index (χ2n) is 7.54. The average Bonchev–Trinajstić information content (AvgIpc) is 3.40. The normalized spacial score (nSPS) is 23.5. The minimum atomic E-state index is -0.169. The molecule has 0 bridgehead atoms. The number of carbonyl (C=O) groups is 2. The summed E-state index contributed by atoms with van der Waals surface area (Å²) in [5, 5.41) is 0. The predicted octanol–water partition coefficient (Wildman–Crippen LogP) is 2.68. The summed E-state index contributed by atoms with van der Waals surface area (Å²) in [6.07, 6.45) is 1.32. The van der Waals surface area contributed by atoms with Gasteiger partial charge in [0.2, 0.25) is 12.7 Å². The van der Waals surface area contributed by atoms with E-state index in [1.807, 2.05) is 58.3 Å².